The Bertz CT molecular complexity index is 449. The number of hydrogen-bond acceptors (Lipinski definition) is 4. The minimum absolute atomic E-state index is 0.177. The Morgan fingerprint density at radius 1 is 1.53 bits per heavy atom. The maximum absolute atomic E-state index is 11.4. The van der Waals surface area contributed by atoms with Gasteiger partial charge in [0.15, 0.2) is 0 Å². The molecule has 5 heteroatoms. The molecule has 2 rings (SSSR count). The molecule has 1 aromatic rings. The van der Waals surface area contributed by atoms with Crippen molar-refractivity contribution >= 4 is 29.3 Å². The molecule has 3 nitrogen and oxygen atoms in total. The second-order valence-electron chi connectivity index (χ2n) is 4.50. The molecule has 0 unspecified atom stereocenters. The summed E-state index contributed by atoms with van der Waals surface area (Å²) in [7, 11) is 0. The fourth-order valence-corrected chi connectivity index (χ4v) is 2.74. The SMILES string of the molecule is CCOC(=O)CSc1ccc(Cl)cc1CNC1CC1. The molecule has 19 heavy (non-hydrogen) atoms. The summed E-state index contributed by atoms with van der Waals surface area (Å²) in [5, 5.41) is 4.19. The maximum Gasteiger partial charge on any atom is 0.316 e. The van der Waals surface area contributed by atoms with Crippen molar-refractivity contribution in [3.8, 4) is 0 Å². The lowest BCUT2D eigenvalue weighted by atomic mass is 10.2. The van der Waals surface area contributed by atoms with Crippen LogP contribution in [0.3, 0.4) is 0 Å². The van der Waals surface area contributed by atoms with E-state index in [0.717, 1.165) is 22.0 Å². The molecule has 1 fully saturated rings. The van der Waals surface area contributed by atoms with E-state index in [1.807, 2.05) is 25.1 Å². The fraction of sp³-hybridized carbons (Fsp3) is 0.500. The Balaban J connectivity index is 1.94. The van der Waals surface area contributed by atoms with E-state index in [1.165, 1.54) is 24.6 Å². The number of rotatable bonds is 7. The number of ether oxygens (including phenoxy) is 1. The summed E-state index contributed by atoms with van der Waals surface area (Å²) in [6, 6.07) is 6.44. The van der Waals surface area contributed by atoms with Crippen LogP contribution in [0.2, 0.25) is 5.02 Å². The van der Waals surface area contributed by atoms with Crippen molar-refractivity contribution in [2.24, 2.45) is 0 Å². The van der Waals surface area contributed by atoms with Crippen molar-refractivity contribution in [2.45, 2.75) is 37.2 Å². The van der Waals surface area contributed by atoms with Crippen molar-refractivity contribution < 1.29 is 9.53 Å². The van der Waals surface area contributed by atoms with E-state index < -0.39 is 0 Å². The fourth-order valence-electron chi connectivity index (χ4n) is 1.71. The minimum Gasteiger partial charge on any atom is -0.465 e. The number of nitrogens with one attached hydrogen (secondary N) is 1. The quantitative estimate of drug-likeness (QED) is 0.619. The van der Waals surface area contributed by atoms with Gasteiger partial charge in [-0.3, -0.25) is 4.79 Å². The number of thioether (sulfide) groups is 1. The predicted octanol–water partition coefficient (Wildman–Crippen LogP) is 3.25. The Morgan fingerprint density at radius 2 is 2.32 bits per heavy atom. The molecular formula is C14H18ClNO2S. The van der Waals surface area contributed by atoms with Gasteiger partial charge in [0.2, 0.25) is 0 Å². The van der Waals surface area contributed by atoms with Crippen LogP contribution in [0.15, 0.2) is 23.1 Å². The van der Waals surface area contributed by atoms with Gasteiger partial charge in [-0.05, 0) is 43.5 Å². The van der Waals surface area contributed by atoms with Gasteiger partial charge >= 0.3 is 5.97 Å². The number of benzene rings is 1. The molecule has 1 saturated carbocycles. The van der Waals surface area contributed by atoms with Gasteiger partial charge in [0, 0.05) is 22.5 Å². The van der Waals surface area contributed by atoms with Crippen molar-refractivity contribution in [3.63, 3.8) is 0 Å². The monoisotopic (exact) mass is 299 g/mol. The van der Waals surface area contributed by atoms with Gasteiger partial charge in [-0.15, -0.1) is 11.8 Å². The Hall–Kier alpha value is -0.710. The molecule has 1 aromatic carbocycles. The van der Waals surface area contributed by atoms with E-state index in [9.17, 15) is 4.79 Å². The third kappa shape index (κ3) is 5.05. The molecule has 0 bridgehead atoms. The van der Waals surface area contributed by atoms with Crippen molar-refractivity contribution in [2.75, 3.05) is 12.4 Å². The van der Waals surface area contributed by atoms with Crippen molar-refractivity contribution in [3.05, 3.63) is 28.8 Å². The topological polar surface area (TPSA) is 38.3 Å². The van der Waals surface area contributed by atoms with Crippen LogP contribution in [-0.2, 0) is 16.1 Å². The molecule has 0 radical (unpaired) electrons. The van der Waals surface area contributed by atoms with E-state index in [4.69, 9.17) is 16.3 Å². The summed E-state index contributed by atoms with van der Waals surface area (Å²) in [6.07, 6.45) is 2.51. The van der Waals surface area contributed by atoms with Crippen LogP contribution >= 0.6 is 23.4 Å². The van der Waals surface area contributed by atoms with E-state index in [1.54, 1.807) is 0 Å². The van der Waals surface area contributed by atoms with Gasteiger partial charge in [-0.2, -0.15) is 0 Å². The second kappa shape index (κ2) is 7.17. The molecule has 0 amide bonds. The molecule has 104 valence electrons. The van der Waals surface area contributed by atoms with Gasteiger partial charge in [0.1, 0.15) is 0 Å². The predicted molar refractivity (Wildman–Crippen MR) is 78.7 cm³/mol. The summed E-state index contributed by atoms with van der Waals surface area (Å²) >= 11 is 7.53. The van der Waals surface area contributed by atoms with Gasteiger partial charge in [0.25, 0.3) is 0 Å². The number of esters is 1. The molecule has 0 spiro atoms. The average molecular weight is 300 g/mol. The molecule has 0 heterocycles. The minimum atomic E-state index is -0.177. The third-order valence-corrected chi connectivity index (χ3v) is 4.16. The van der Waals surface area contributed by atoms with E-state index in [-0.39, 0.29) is 5.97 Å². The molecule has 0 saturated heterocycles. The van der Waals surface area contributed by atoms with Crippen LogP contribution in [0.25, 0.3) is 0 Å². The molecule has 1 N–H and O–H groups in total. The molecule has 1 aliphatic rings. The first kappa shape index (κ1) is 14.7. The highest BCUT2D eigenvalue weighted by atomic mass is 35.5. The molecule has 1 aliphatic carbocycles. The number of hydrogen-bond donors (Lipinski definition) is 1. The lowest BCUT2D eigenvalue weighted by molar-refractivity contribution is -0.139. The van der Waals surface area contributed by atoms with Crippen molar-refractivity contribution in [1.29, 1.82) is 0 Å². The first-order chi connectivity index (χ1) is 9.19. The first-order valence-electron chi connectivity index (χ1n) is 6.49. The van der Waals surface area contributed by atoms with Crippen LogP contribution in [0.5, 0.6) is 0 Å². The summed E-state index contributed by atoms with van der Waals surface area (Å²) in [6.45, 7) is 3.04. The number of halogens is 1. The van der Waals surface area contributed by atoms with Crippen LogP contribution in [-0.4, -0.2) is 24.4 Å². The average Bonchev–Trinajstić information content (AvgIpc) is 3.19. The zero-order valence-electron chi connectivity index (χ0n) is 10.9. The molecule has 0 aliphatic heterocycles. The maximum atomic E-state index is 11.4. The highest BCUT2D eigenvalue weighted by Crippen LogP contribution is 2.27. The lowest BCUT2D eigenvalue weighted by Crippen LogP contribution is -2.16. The molecular weight excluding hydrogens is 282 g/mol. The Morgan fingerprint density at radius 3 is 3.00 bits per heavy atom. The Labute approximate surface area is 123 Å². The number of carbonyl (C=O) groups excluding carboxylic acids is 1. The Kier molecular flexibility index (Phi) is 5.55. The van der Waals surface area contributed by atoms with Gasteiger partial charge < -0.3 is 10.1 Å². The largest absolute Gasteiger partial charge is 0.465 e. The molecule has 0 atom stereocenters. The van der Waals surface area contributed by atoms with Gasteiger partial charge in [-0.1, -0.05) is 11.6 Å². The second-order valence-corrected chi connectivity index (χ2v) is 5.95. The van der Waals surface area contributed by atoms with E-state index in [0.29, 0.717) is 18.4 Å². The first-order valence-corrected chi connectivity index (χ1v) is 7.85. The van der Waals surface area contributed by atoms with Gasteiger partial charge in [-0.25, -0.2) is 0 Å². The third-order valence-electron chi connectivity index (χ3n) is 2.83. The van der Waals surface area contributed by atoms with Crippen LogP contribution in [0, 0.1) is 0 Å². The van der Waals surface area contributed by atoms with Gasteiger partial charge in [0.05, 0.1) is 12.4 Å². The van der Waals surface area contributed by atoms with E-state index >= 15 is 0 Å². The molecule has 0 aromatic heterocycles. The summed E-state index contributed by atoms with van der Waals surface area (Å²) < 4.78 is 4.93. The summed E-state index contributed by atoms with van der Waals surface area (Å²) in [4.78, 5) is 12.5. The highest BCUT2D eigenvalue weighted by Gasteiger charge is 2.20. The highest BCUT2D eigenvalue weighted by molar-refractivity contribution is 8.00. The zero-order chi connectivity index (χ0) is 13.7. The van der Waals surface area contributed by atoms with Crippen LogP contribution in [0.4, 0.5) is 0 Å². The lowest BCUT2D eigenvalue weighted by Gasteiger charge is -2.10. The summed E-state index contributed by atoms with van der Waals surface area (Å²) in [5.74, 6) is 0.162. The van der Waals surface area contributed by atoms with Crippen molar-refractivity contribution in [1.82, 2.24) is 5.32 Å². The van der Waals surface area contributed by atoms with Crippen LogP contribution in [0.1, 0.15) is 25.3 Å². The van der Waals surface area contributed by atoms with E-state index in [2.05, 4.69) is 5.32 Å². The zero-order valence-corrected chi connectivity index (χ0v) is 12.5. The normalized spacial score (nSPS) is 14.4. The standard InChI is InChI=1S/C14H18ClNO2S/c1-2-18-14(17)9-19-13-6-3-11(15)7-10(13)8-16-12-4-5-12/h3,6-7,12,16H,2,4-5,8-9H2,1H3. The number of carbonyl (C=O) groups is 1. The summed E-state index contributed by atoms with van der Waals surface area (Å²) in [5.41, 5.74) is 1.15. The smallest absolute Gasteiger partial charge is 0.316 e. The van der Waals surface area contributed by atoms with Crippen LogP contribution < -0.4 is 5.32 Å².